The third-order valence-electron chi connectivity index (χ3n) is 3.45. The molecule has 3 nitrogen and oxygen atoms in total. The molecule has 0 N–H and O–H groups in total. The van der Waals surface area contributed by atoms with E-state index in [1.54, 1.807) is 7.11 Å². The van der Waals surface area contributed by atoms with Crippen LogP contribution >= 0.6 is 0 Å². The van der Waals surface area contributed by atoms with Gasteiger partial charge in [-0.15, -0.1) is 0 Å². The van der Waals surface area contributed by atoms with Crippen LogP contribution in [0, 0.1) is 0 Å². The van der Waals surface area contributed by atoms with E-state index in [1.165, 1.54) is 0 Å². The number of hydrogen-bond donors (Lipinski definition) is 0. The van der Waals surface area contributed by atoms with Crippen molar-refractivity contribution in [2.75, 3.05) is 7.11 Å². The lowest BCUT2D eigenvalue weighted by Gasteiger charge is -2.25. The molecule has 0 fully saturated rings. The molecule has 102 valence electrons. The second-order valence-corrected chi connectivity index (χ2v) is 4.72. The van der Waals surface area contributed by atoms with Gasteiger partial charge in [-0.1, -0.05) is 31.2 Å². The van der Waals surface area contributed by atoms with Gasteiger partial charge in [-0.3, -0.25) is 0 Å². The molecule has 0 aromatic heterocycles. The normalized spacial score (nSPS) is 16.9. The van der Waals surface area contributed by atoms with Crippen molar-refractivity contribution in [3.8, 4) is 5.75 Å². The summed E-state index contributed by atoms with van der Waals surface area (Å²) in [5.74, 6) is 1.47. The third kappa shape index (κ3) is 2.27. The van der Waals surface area contributed by atoms with Crippen LogP contribution in [0.25, 0.3) is 0 Å². The lowest BCUT2D eigenvalue weighted by molar-refractivity contribution is 0.184. The van der Waals surface area contributed by atoms with Gasteiger partial charge in [0.25, 0.3) is 0 Å². The zero-order valence-corrected chi connectivity index (χ0v) is 11.7. The Bertz CT molecular complexity index is 649. The van der Waals surface area contributed by atoms with Crippen LogP contribution in [0.3, 0.4) is 0 Å². The number of benzene rings is 2. The first-order valence-corrected chi connectivity index (χ1v) is 6.80. The van der Waals surface area contributed by atoms with Gasteiger partial charge in [-0.2, -0.15) is 0 Å². The summed E-state index contributed by atoms with van der Waals surface area (Å²) in [6.45, 7) is 2.12. The Balaban J connectivity index is 2.04. The number of ether oxygens (including phenoxy) is 2. The number of fused-ring (bicyclic) bond motifs is 1. The summed E-state index contributed by atoms with van der Waals surface area (Å²) in [6, 6.07) is 15.9. The molecule has 1 atom stereocenters. The van der Waals surface area contributed by atoms with Gasteiger partial charge in [0.1, 0.15) is 11.9 Å². The van der Waals surface area contributed by atoms with E-state index in [0.29, 0.717) is 5.90 Å². The van der Waals surface area contributed by atoms with Crippen molar-refractivity contribution < 1.29 is 9.47 Å². The minimum Gasteiger partial charge on any atom is -0.497 e. The summed E-state index contributed by atoms with van der Waals surface area (Å²) in [4.78, 5) is 4.63. The predicted molar refractivity (Wildman–Crippen MR) is 79.8 cm³/mol. The maximum atomic E-state index is 6.04. The number of aliphatic imine (C=N–C) groups is 1. The second-order valence-electron chi connectivity index (χ2n) is 4.72. The van der Waals surface area contributed by atoms with Crippen molar-refractivity contribution in [1.29, 1.82) is 0 Å². The van der Waals surface area contributed by atoms with Crippen LogP contribution in [0.4, 0.5) is 5.69 Å². The third-order valence-corrected chi connectivity index (χ3v) is 3.45. The molecule has 1 aliphatic heterocycles. The lowest BCUT2D eigenvalue weighted by atomic mass is 10.0. The highest BCUT2D eigenvalue weighted by molar-refractivity contribution is 5.97. The first-order chi connectivity index (χ1) is 9.81. The average molecular weight is 267 g/mol. The molecule has 0 saturated carbocycles. The fourth-order valence-electron chi connectivity index (χ4n) is 2.39. The van der Waals surface area contributed by atoms with E-state index < -0.39 is 0 Å². The summed E-state index contributed by atoms with van der Waals surface area (Å²) in [5, 5.41) is 0. The molecule has 2 aromatic carbocycles. The minimum absolute atomic E-state index is 0.0601. The predicted octanol–water partition coefficient (Wildman–Crippen LogP) is 4.25. The van der Waals surface area contributed by atoms with Gasteiger partial charge < -0.3 is 9.47 Å². The Morgan fingerprint density at radius 1 is 1.15 bits per heavy atom. The van der Waals surface area contributed by atoms with Gasteiger partial charge in [0.05, 0.1) is 12.8 Å². The molecule has 0 aliphatic carbocycles. The minimum atomic E-state index is 0.0601. The number of hydrogen-bond acceptors (Lipinski definition) is 3. The standard InChI is InChI=1S/C17H17NO2/c1-3-16-14-9-4-5-10-15(14)18-17(20-16)12-7-6-8-13(11-12)19-2/h4-11,16H,3H2,1-2H3/t16-/m1/s1. The van der Waals surface area contributed by atoms with E-state index in [9.17, 15) is 0 Å². The fourth-order valence-corrected chi connectivity index (χ4v) is 2.39. The molecule has 0 spiro atoms. The number of rotatable bonds is 3. The molecule has 0 bridgehead atoms. The quantitative estimate of drug-likeness (QED) is 0.832. The van der Waals surface area contributed by atoms with E-state index in [1.807, 2.05) is 42.5 Å². The molecule has 0 unspecified atom stereocenters. The van der Waals surface area contributed by atoms with Crippen molar-refractivity contribution in [3.63, 3.8) is 0 Å². The lowest BCUT2D eigenvalue weighted by Crippen LogP contribution is -2.16. The van der Waals surface area contributed by atoms with Crippen molar-refractivity contribution in [1.82, 2.24) is 0 Å². The van der Waals surface area contributed by atoms with Crippen LogP contribution < -0.4 is 4.74 Å². The molecule has 1 heterocycles. The molecule has 1 aliphatic rings. The topological polar surface area (TPSA) is 30.8 Å². The van der Waals surface area contributed by atoms with E-state index >= 15 is 0 Å². The molecule has 0 amide bonds. The Labute approximate surface area is 118 Å². The number of nitrogens with zero attached hydrogens (tertiary/aromatic N) is 1. The zero-order chi connectivity index (χ0) is 13.9. The van der Waals surface area contributed by atoms with Crippen LogP contribution in [0.1, 0.15) is 30.6 Å². The van der Waals surface area contributed by atoms with Gasteiger partial charge in [-0.25, -0.2) is 4.99 Å². The Morgan fingerprint density at radius 2 is 2.00 bits per heavy atom. The Hall–Kier alpha value is -2.29. The van der Waals surface area contributed by atoms with E-state index in [-0.39, 0.29) is 6.10 Å². The molecule has 0 radical (unpaired) electrons. The Morgan fingerprint density at radius 3 is 2.80 bits per heavy atom. The molecule has 20 heavy (non-hydrogen) atoms. The highest BCUT2D eigenvalue weighted by Crippen LogP contribution is 2.35. The Kier molecular flexibility index (Phi) is 3.42. The molecule has 0 saturated heterocycles. The molecule has 3 heteroatoms. The van der Waals surface area contributed by atoms with E-state index in [2.05, 4.69) is 18.0 Å². The number of para-hydroxylation sites is 1. The monoisotopic (exact) mass is 267 g/mol. The van der Waals surface area contributed by atoms with Crippen LogP contribution in [-0.2, 0) is 4.74 Å². The maximum absolute atomic E-state index is 6.04. The highest BCUT2D eigenvalue weighted by Gasteiger charge is 2.23. The van der Waals surface area contributed by atoms with Gasteiger partial charge in [0, 0.05) is 11.1 Å². The highest BCUT2D eigenvalue weighted by atomic mass is 16.5. The fraction of sp³-hybridized carbons (Fsp3) is 0.235. The molecular weight excluding hydrogens is 250 g/mol. The summed E-state index contributed by atoms with van der Waals surface area (Å²) in [7, 11) is 1.66. The van der Waals surface area contributed by atoms with E-state index in [0.717, 1.165) is 29.0 Å². The smallest absolute Gasteiger partial charge is 0.222 e. The van der Waals surface area contributed by atoms with Crippen LogP contribution in [-0.4, -0.2) is 13.0 Å². The average Bonchev–Trinajstić information content (AvgIpc) is 2.53. The summed E-state index contributed by atoms with van der Waals surface area (Å²) in [5.41, 5.74) is 3.09. The number of methoxy groups -OCH3 is 1. The molecule has 2 aromatic rings. The van der Waals surface area contributed by atoms with Crippen LogP contribution in [0.2, 0.25) is 0 Å². The zero-order valence-electron chi connectivity index (χ0n) is 11.7. The largest absolute Gasteiger partial charge is 0.497 e. The van der Waals surface area contributed by atoms with Crippen molar-refractivity contribution >= 4 is 11.6 Å². The molecule has 3 rings (SSSR count). The summed E-state index contributed by atoms with van der Waals surface area (Å²) in [6.07, 6.45) is 0.977. The van der Waals surface area contributed by atoms with Crippen molar-refractivity contribution in [2.24, 2.45) is 4.99 Å². The summed E-state index contributed by atoms with van der Waals surface area (Å²) >= 11 is 0. The SMILES string of the molecule is CC[C@H]1OC(c2cccc(OC)c2)=Nc2ccccc21. The first-order valence-electron chi connectivity index (χ1n) is 6.80. The van der Waals surface area contributed by atoms with E-state index in [4.69, 9.17) is 9.47 Å². The first kappa shape index (κ1) is 12.7. The van der Waals surface area contributed by atoms with Gasteiger partial charge in [0.15, 0.2) is 0 Å². The summed E-state index contributed by atoms with van der Waals surface area (Å²) < 4.78 is 11.3. The van der Waals surface area contributed by atoms with Crippen molar-refractivity contribution in [3.05, 3.63) is 59.7 Å². The maximum Gasteiger partial charge on any atom is 0.222 e. The molecular formula is C17H17NO2. The van der Waals surface area contributed by atoms with Gasteiger partial charge >= 0.3 is 0 Å². The van der Waals surface area contributed by atoms with Crippen LogP contribution in [0.5, 0.6) is 5.75 Å². The second kappa shape index (κ2) is 5.37. The van der Waals surface area contributed by atoms with Crippen molar-refractivity contribution in [2.45, 2.75) is 19.4 Å². The van der Waals surface area contributed by atoms with Gasteiger partial charge in [0.2, 0.25) is 5.90 Å². The van der Waals surface area contributed by atoms with Crippen LogP contribution in [0.15, 0.2) is 53.5 Å². The van der Waals surface area contributed by atoms with Gasteiger partial charge in [-0.05, 0) is 30.7 Å².